The number of piperidine rings is 1. The number of carbonyl (C=O) groups excluding carboxylic acids is 5. The van der Waals surface area contributed by atoms with Crippen LogP contribution >= 0.6 is 0 Å². The normalized spacial score (nSPS) is 31.5. The lowest BCUT2D eigenvalue weighted by atomic mass is 9.52. The van der Waals surface area contributed by atoms with Gasteiger partial charge in [0.15, 0.2) is 34.7 Å². The number of Topliss-reactive ketones (excluding diaryl/α,β-unsaturated/α-hetero) is 4. The molecule has 228 valence electrons. The molecule has 0 aromatic heterocycles. The molecule has 6 N–H and O–H groups in total. The van der Waals surface area contributed by atoms with Gasteiger partial charge in [0.1, 0.15) is 5.75 Å². The topological polar surface area (TPSA) is 182 Å². The number of rotatable bonds is 7. The maximum absolute atomic E-state index is 14.1. The number of aromatic hydroxyl groups is 1. The van der Waals surface area contributed by atoms with Gasteiger partial charge < -0.3 is 31.5 Å². The third kappa shape index (κ3) is 4.64. The number of benzene rings is 1. The summed E-state index contributed by atoms with van der Waals surface area (Å²) in [6.45, 7) is 3.00. The lowest BCUT2D eigenvalue weighted by molar-refractivity contribution is -0.181. The highest BCUT2D eigenvalue weighted by molar-refractivity contribution is 6.32. The molecule has 1 aromatic rings. The Labute approximate surface area is 245 Å². The maximum atomic E-state index is 14.1. The van der Waals surface area contributed by atoms with Gasteiger partial charge in [0.25, 0.3) is 0 Å². The van der Waals surface area contributed by atoms with Crippen LogP contribution in [0.3, 0.4) is 0 Å². The minimum atomic E-state index is -2.73. The van der Waals surface area contributed by atoms with Crippen LogP contribution in [0.1, 0.15) is 40.7 Å². The Hall–Kier alpha value is -3.19. The molecule has 1 saturated heterocycles. The predicted molar refractivity (Wildman–Crippen MR) is 153 cm³/mol. The van der Waals surface area contributed by atoms with Crippen molar-refractivity contribution in [3.63, 3.8) is 0 Å². The number of anilines is 1. The molecule has 1 aliphatic heterocycles. The first-order chi connectivity index (χ1) is 19.8. The largest absolute Gasteiger partial charge is 0.507 e. The molecule has 1 aromatic carbocycles. The molecule has 12 heteroatoms. The predicted octanol–water partition coefficient (Wildman–Crippen LogP) is -0.978. The van der Waals surface area contributed by atoms with Crippen molar-refractivity contribution in [2.45, 2.75) is 43.9 Å². The molecular weight excluding hydrogens is 542 g/mol. The average Bonchev–Trinajstić information content (AvgIpc) is 2.92. The number of hydrogen-bond acceptors (Lipinski definition) is 11. The van der Waals surface area contributed by atoms with Crippen molar-refractivity contribution in [1.29, 1.82) is 0 Å². The third-order valence-corrected chi connectivity index (χ3v) is 9.81. The highest BCUT2D eigenvalue weighted by Gasteiger charge is 2.69. The molecule has 1 heterocycles. The number of hydrogen-bond donors (Lipinski definition) is 5. The molecule has 42 heavy (non-hydrogen) atoms. The highest BCUT2D eigenvalue weighted by atomic mass is 16.3. The summed E-state index contributed by atoms with van der Waals surface area (Å²) in [4.78, 5) is 70.4. The molecule has 0 radical (unpaired) electrons. The number of aliphatic hydroxyl groups is 1. The third-order valence-electron chi connectivity index (χ3n) is 9.81. The van der Waals surface area contributed by atoms with Gasteiger partial charge in [-0.25, -0.2) is 0 Å². The van der Waals surface area contributed by atoms with E-state index in [-0.39, 0.29) is 24.2 Å². The zero-order valence-electron chi connectivity index (χ0n) is 24.6. The summed E-state index contributed by atoms with van der Waals surface area (Å²) in [5.74, 6) is -9.84. The first-order valence-electron chi connectivity index (χ1n) is 14.6. The summed E-state index contributed by atoms with van der Waals surface area (Å²) < 4.78 is 0. The summed E-state index contributed by atoms with van der Waals surface area (Å²) in [5, 5.41) is 29.9. The van der Waals surface area contributed by atoms with E-state index in [9.17, 15) is 34.2 Å². The number of phenolic OH excluding ortho intramolecular Hbond substituents is 1. The summed E-state index contributed by atoms with van der Waals surface area (Å²) in [5.41, 5.74) is 4.52. The van der Waals surface area contributed by atoms with Crippen LogP contribution < -0.4 is 21.3 Å². The Morgan fingerprint density at radius 3 is 2.38 bits per heavy atom. The van der Waals surface area contributed by atoms with Crippen molar-refractivity contribution in [2.75, 3.05) is 52.7 Å². The number of nitrogens with zero attached hydrogens (tertiary/aromatic N) is 2. The van der Waals surface area contributed by atoms with E-state index in [1.54, 1.807) is 14.1 Å². The number of ketones is 4. The van der Waals surface area contributed by atoms with E-state index in [1.165, 1.54) is 4.90 Å². The molecule has 0 bridgehead atoms. The van der Waals surface area contributed by atoms with E-state index in [0.29, 0.717) is 23.6 Å². The quantitative estimate of drug-likeness (QED) is 0.249. The van der Waals surface area contributed by atoms with E-state index in [1.807, 2.05) is 25.1 Å². The van der Waals surface area contributed by atoms with Crippen molar-refractivity contribution >= 4 is 34.7 Å². The van der Waals surface area contributed by atoms with E-state index < -0.39 is 64.4 Å². The molecule has 0 spiro atoms. The van der Waals surface area contributed by atoms with Crippen molar-refractivity contribution < 1.29 is 34.2 Å². The lowest BCUT2D eigenvalue weighted by Gasteiger charge is -2.52. The number of nitrogens with two attached hydrogens (primary N) is 1. The molecule has 12 nitrogen and oxygen atoms in total. The molecule has 2 saturated carbocycles. The first kappa shape index (κ1) is 30.3. The fourth-order valence-corrected chi connectivity index (χ4v) is 7.74. The zero-order chi connectivity index (χ0) is 30.7. The summed E-state index contributed by atoms with van der Waals surface area (Å²) in [6, 6.07) is 0.730. The summed E-state index contributed by atoms with van der Waals surface area (Å²) in [7, 11) is 6.81. The molecule has 3 aliphatic carbocycles. The van der Waals surface area contributed by atoms with Gasteiger partial charge >= 0.3 is 0 Å². The van der Waals surface area contributed by atoms with Gasteiger partial charge in [0.2, 0.25) is 5.91 Å². The zero-order valence-corrected chi connectivity index (χ0v) is 24.6. The summed E-state index contributed by atoms with van der Waals surface area (Å²) >= 11 is 0. The number of amides is 1. The van der Waals surface area contributed by atoms with Gasteiger partial charge in [-0.15, -0.1) is 0 Å². The van der Waals surface area contributed by atoms with Gasteiger partial charge in [-0.3, -0.25) is 28.9 Å². The van der Waals surface area contributed by atoms with Gasteiger partial charge in [-0.1, -0.05) is 0 Å². The van der Waals surface area contributed by atoms with Gasteiger partial charge in [-0.05, 0) is 82.9 Å². The fourth-order valence-electron chi connectivity index (χ4n) is 7.74. The summed E-state index contributed by atoms with van der Waals surface area (Å²) in [6.07, 6.45) is 2.36. The molecular formula is C30H41N5O7. The Morgan fingerprint density at radius 2 is 1.79 bits per heavy atom. The van der Waals surface area contributed by atoms with Crippen LogP contribution in [0.5, 0.6) is 5.75 Å². The highest BCUT2D eigenvalue weighted by Crippen LogP contribution is 2.52. The molecule has 4 aliphatic rings. The van der Waals surface area contributed by atoms with Gasteiger partial charge in [-0.2, -0.15) is 0 Å². The number of nitrogens with one attached hydrogen (secondary N) is 2. The monoisotopic (exact) mass is 583 g/mol. The second-order valence-corrected chi connectivity index (χ2v) is 12.8. The van der Waals surface area contributed by atoms with E-state index in [4.69, 9.17) is 5.73 Å². The SMILES string of the molecule is CN(C)c1cc(CNCC2CCNCC2)c(O)c2c1C[C@@H]1C[C@@H]3C(N(C)C)C(=O)C(C(N)=O)C(=O)[C@]3(O)C(=O)C1C2=O. The Kier molecular flexibility index (Phi) is 8.03. The second-order valence-electron chi connectivity index (χ2n) is 12.8. The Balaban J connectivity index is 1.53. The molecule has 6 atom stereocenters. The van der Waals surface area contributed by atoms with E-state index in [0.717, 1.165) is 38.2 Å². The van der Waals surface area contributed by atoms with E-state index in [2.05, 4.69) is 10.6 Å². The maximum Gasteiger partial charge on any atom is 0.235 e. The van der Waals surface area contributed by atoms with Crippen LogP contribution in [0.2, 0.25) is 0 Å². The Bertz CT molecular complexity index is 1340. The Morgan fingerprint density at radius 1 is 1.12 bits per heavy atom. The minimum absolute atomic E-state index is 0.0199. The fraction of sp³-hybridized carbons (Fsp3) is 0.633. The van der Waals surface area contributed by atoms with Crippen LogP contribution in [0.15, 0.2) is 6.07 Å². The van der Waals surface area contributed by atoms with Crippen molar-refractivity contribution in [2.24, 2.45) is 35.3 Å². The van der Waals surface area contributed by atoms with Crippen LogP contribution in [-0.4, -0.2) is 104 Å². The second kappa shape index (κ2) is 11.1. The van der Waals surface area contributed by atoms with Crippen molar-refractivity contribution in [1.82, 2.24) is 15.5 Å². The number of fused-ring (bicyclic) bond motifs is 3. The standard InChI is InChI=1S/C30H41N5O7/c1-34(2)19-11-16(13-33-12-14-5-7-32-8-6-14)24(36)21-17(19)9-15-10-18-23(35(3)4)26(38)22(29(31)41)28(40)30(18,42)27(39)20(15)25(21)37/h11,14-15,18,20,22-23,32-33,36,42H,5-10,12-13H2,1-4H3,(H2,31,41)/t15-,18-,20?,22?,23?,30-/m1/s1. The van der Waals surface area contributed by atoms with Crippen LogP contribution in [0.4, 0.5) is 5.69 Å². The van der Waals surface area contributed by atoms with Crippen molar-refractivity contribution in [3.8, 4) is 5.75 Å². The number of phenols is 1. The smallest absolute Gasteiger partial charge is 0.235 e. The molecule has 3 unspecified atom stereocenters. The average molecular weight is 584 g/mol. The minimum Gasteiger partial charge on any atom is -0.507 e. The van der Waals surface area contributed by atoms with Crippen LogP contribution in [-0.2, 0) is 32.1 Å². The number of carbonyl (C=O) groups is 5. The van der Waals surface area contributed by atoms with Crippen LogP contribution in [0.25, 0.3) is 0 Å². The number of primary amides is 1. The molecule has 5 rings (SSSR count). The van der Waals surface area contributed by atoms with Crippen LogP contribution in [0, 0.1) is 29.6 Å². The number of likely N-dealkylation sites (N-methyl/N-ethyl adjacent to an activating group) is 1. The van der Waals surface area contributed by atoms with Crippen molar-refractivity contribution in [3.05, 3.63) is 22.8 Å². The van der Waals surface area contributed by atoms with Gasteiger partial charge in [0.05, 0.1) is 17.5 Å². The lowest BCUT2D eigenvalue weighted by Crippen LogP contribution is -2.74. The molecule has 3 fully saturated rings. The van der Waals surface area contributed by atoms with E-state index >= 15 is 0 Å². The molecule has 1 amide bonds. The first-order valence-corrected chi connectivity index (χ1v) is 14.6. The van der Waals surface area contributed by atoms with Gasteiger partial charge in [0, 0.05) is 37.8 Å².